The molecule has 3 rings (SSSR count). The van der Waals surface area contributed by atoms with E-state index in [1.54, 1.807) is 0 Å². The van der Waals surface area contributed by atoms with Gasteiger partial charge in [0.2, 0.25) is 10.0 Å². The van der Waals surface area contributed by atoms with E-state index in [0.717, 1.165) is 0 Å². The molecule has 1 aromatic carbocycles. The second kappa shape index (κ2) is 6.55. The highest BCUT2D eigenvalue weighted by Crippen LogP contribution is 2.22. The monoisotopic (exact) mass is 352 g/mol. The van der Waals surface area contributed by atoms with E-state index in [4.69, 9.17) is 10.5 Å². The lowest BCUT2D eigenvalue weighted by atomic mass is 10.3. The number of morpholine rings is 1. The fraction of sp³-hybridized carbons (Fsp3) is 0.308. The van der Waals surface area contributed by atoms with Crippen molar-refractivity contribution in [2.75, 3.05) is 32.0 Å². The van der Waals surface area contributed by atoms with Crippen LogP contribution in [0, 0.1) is 0 Å². The predicted octanol–water partition coefficient (Wildman–Crippen LogP) is 0.721. The topological polar surface area (TPSA) is 146 Å². The largest absolute Gasteiger partial charge is 0.382 e. The van der Waals surface area contributed by atoms with E-state index in [0.29, 0.717) is 32.0 Å². The van der Waals surface area contributed by atoms with E-state index in [-0.39, 0.29) is 16.4 Å². The first-order chi connectivity index (χ1) is 11.5. The average Bonchev–Trinajstić information content (AvgIpc) is 2.92. The highest BCUT2D eigenvalue weighted by Gasteiger charge is 2.26. The molecule has 24 heavy (non-hydrogen) atoms. The summed E-state index contributed by atoms with van der Waals surface area (Å²) < 4.78 is 31.5. The number of rotatable bonds is 4. The molecule has 1 fully saturated rings. The minimum absolute atomic E-state index is 0.0278. The van der Waals surface area contributed by atoms with Crippen molar-refractivity contribution in [1.82, 2.24) is 14.5 Å². The number of aromatic amines is 2. The molecule has 0 bridgehead atoms. The molecule has 2 aromatic rings. The van der Waals surface area contributed by atoms with Crippen LogP contribution in [0.1, 0.15) is 0 Å². The summed E-state index contributed by atoms with van der Waals surface area (Å²) in [6.07, 6.45) is 0. The number of nitrogens with one attached hydrogen (secondary N) is 2. The Hall–Kier alpha value is -2.50. The second-order valence-corrected chi connectivity index (χ2v) is 6.99. The van der Waals surface area contributed by atoms with Gasteiger partial charge in [-0.25, -0.2) is 8.42 Å². The molecule has 2 heterocycles. The van der Waals surface area contributed by atoms with E-state index in [1.807, 2.05) is 0 Å². The van der Waals surface area contributed by atoms with Crippen molar-refractivity contribution in [2.45, 2.75) is 4.90 Å². The molecular formula is C13H16N6O4S. The molecular weight excluding hydrogens is 336 g/mol. The molecule has 1 aromatic heterocycles. The molecule has 0 aliphatic carbocycles. The molecule has 1 aliphatic heterocycles. The van der Waals surface area contributed by atoms with Gasteiger partial charge in [-0.2, -0.15) is 9.42 Å². The standard InChI is InChI=1S/C13H16N6O4S/c14-12-11(13(20)18-17-12)16-15-9-1-3-10(4-2-9)24(21,22)19-5-7-23-8-6-19/h1-4H,5-8H2,(H4,14,17,18,20). The third-order valence-corrected chi connectivity index (χ3v) is 5.40. The number of nitrogens with two attached hydrogens (primary N) is 1. The smallest absolute Gasteiger partial charge is 0.293 e. The molecule has 1 aliphatic rings. The van der Waals surface area contributed by atoms with E-state index >= 15 is 0 Å². The zero-order valence-corrected chi connectivity index (χ0v) is 13.4. The summed E-state index contributed by atoms with van der Waals surface area (Å²) in [6.45, 7) is 1.44. The van der Waals surface area contributed by atoms with Crippen LogP contribution in [0.4, 0.5) is 17.2 Å². The van der Waals surface area contributed by atoms with Crippen molar-refractivity contribution in [3.05, 3.63) is 34.6 Å². The molecule has 0 amide bonds. The van der Waals surface area contributed by atoms with Gasteiger partial charge >= 0.3 is 0 Å². The summed E-state index contributed by atoms with van der Waals surface area (Å²) >= 11 is 0. The van der Waals surface area contributed by atoms with Crippen LogP contribution >= 0.6 is 0 Å². The molecule has 0 radical (unpaired) electrons. The van der Waals surface area contributed by atoms with Crippen LogP contribution in [0.2, 0.25) is 0 Å². The fourth-order valence-electron chi connectivity index (χ4n) is 2.19. The number of hydrogen-bond donors (Lipinski definition) is 3. The lowest BCUT2D eigenvalue weighted by Crippen LogP contribution is -2.40. The molecule has 10 nitrogen and oxygen atoms in total. The van der Waals surface area contributed by atoms with Gasteiger partial charge < -0.3 is 10.5 Å². The van der Waals surface area contributed by atoms with Crippen LogP contribution in [0.25, 0.3) is 0 Å². The SMILES string of the molecule is Nc1[nH][nH]c(=O)c1N=Nc1ccc(S(=O)(=O)N2CCOCC2)cc1. The van der Waals surface area contributed by atoms with Crippen LogP contribution in [-0.4, -0.2) is 49.2 Å². The highest BCUT2D eigenvalue weighted by atomic mass is 32.2. The fourth-order valence-corrected chi connectivity index (χ4v) is 3.60. The molecule has 1 saturated heterocycles. The zero-order chi connectivity index (χ0) is 17.2. The number of nitrogens with zero attached hydrogens (tertiary/aromatic N) is 3. The van der Waals surface area contributed by atoms with Crippen LogP contribution in [-0.2, 0) is 14.8 Å². The van der Waals surface area contributed by atoms with Crippen LogP contribution in [0.5, 0.6) is 0 Å². The Bertz CT molecular complexity index is 893. The third-order valence-electron chi connectivity index (χ3n) is 3.49. The molecule has 0 atom stereocenters. The minimum atomic E-state index is -3.55. The van der Waals surface area contributed by atoms with Gasteiger partial charge in [0.1, 0.15) is 5.82 Å². The van der Waals surface area contributed by atoms with Gasteiger partial charge in [0, 0.05) is 13.1 Å². The van der Waals surface area contributed by atoms with Gasteiger partial charge in [-0.05, 0) is 24.3 Å². The molecule has 0 saturated carbocycles. The predicted molar refractivity (Wildman–Crippen MR) is 86.0 cm³/mol. The van der Waals surface area contributed by atoms with Crippen molar-refractivity contribution in [3.63, 3.8) is 0 Å². The molecule has 11 heteroatoms. The lowest BCUT2D eigenvalue weighted by Gasteiger charge is -2.25. The molecule has 4 N–H and O–H groups in total. The Balaban J connectivity index is 1.79. The van der Waals surface area contributed by atoms with Crippen molar-refractivity contribution >= 4 is 27.2 Å². The average molecular weight is 352 g/mol. The Morgan fingerprint density at radius 1 is 1.08 bits per heavy atom. The van der Waals surface area contributed by atoms with Gasteiger partial charge in [0.25, 0.3) is 5.56 Å². The van der Waals surface area contributed by atoms with Gasteiger partial charge in [-0.1, -0.05) is 0 Å². The van der Waals surface area contributed by atoms with E-state index in [9.17, 15) is 13.2 Å². The van der Waals surface area contributed by atoms with Gasteiger partial charge in [-0.3, -0.25) is 15.0 Å². The number of anilines is 1. The Morgan fingerprint density at radius 2 is 1.75 bits per heavy atom. The van der Waals surface area contributed by atoms with Crippen molar-refractivity contribution < 1.29 is 13.2 Å². The summed E-state index contributed by atoms with van der Waals surface area (Å²) in [5, 5.41) is 12.4. The van der Waals surface area contributed by atoms with Crippen LogP contribution in [0.3, 0.4) is 0 Å². The summed E-state index contributed by atoms with van der Waals surface area (Å²) in [7, 11) is -3.55. The highest BCUT2D eigenvalue weighted by molar-refractivity contribution is 7.89. The quantitative estimate of drug-likeness (QED) is 0.694. The van der Waals surface area contributed by atoms with Gasteiger partial charge in [-0.15, -0.1) is 5.11 Å². The number of H-pyrrole nitrogens is 2. The van der Waals surface area contributed by atoms with E-state index in [1.165, 1.54) is 28.6 Å². The lowest BCUT2D eigenvalue weighted by molar-refractivity contribution is 0.0730. The second-order valence-electron chi connectivity index (χ2n) is 5.05. The van der Waals surface area contributed by atoms with Crippen molar-refractivity contribution in [2.24, 2.45) is 10.2 Å². The maximum Gasteiger partial charge on any atom is 0.293 e. The number of nitrogen functional groups attached to an aromatic ring is 1. The normalized spacial score (nSPS) is 16.7. The molecule has 0 unspecified atom stereocenters. The summed E-state index contributed by atoms with van der Waals surface area (Å²) in [6, 6.07) is 5.91. The third kappa shape index (κ3) is 3.22. The van der Waals surface area contributed by atoms with Crippen LogP contribution < -0.4 is 11.3 Å². The van der Waals surface area contributed by atoms with Crippen molar-refractivity contribution in [1.29, 1.82) is 0 Å². The molecule has 128 valence electrons. The number of aromatic nitrogens is 2. The van der Waals surface area contributed by atoms with E-state index in [2.05, 4.69) is 20.4 Å². The number of azo groups is 1. The summed E-state index contributed by atoms with van der Waals surface area (Å²) in [4.78, 5) is 11.6. The Kier molecular flexibility index (Phi) is 4.46. The zero-order valence-electron chi connectivity index (χ0n) is 12.6. The molecule has 0 spiro atoms. The van der Waals surface area contributed by atoms with Crippen molar-refractivity contribution in [3.8, 4) is 0 Å². The van der Waals surface area contributed by atoms with Gasteiger partial charge in [0.15, 0.2) is 5.69 Å². The first kappa shape index (κ1) is 16.4. The summed E-state index contributed by atoms with van der Waals surface area (Å²) in [5.41, 5.74) is 5.42. The maximum absolute atomic E-state index is 12.5. The first-order valence-corrected chi connectivity index (χ1v) is 8.58. The van der Waals surface area contributed by atoms with E-state index < -0.39 is 15.6 Å². The number of sulfonamides is 1. The number of hydrogen-bond acceptors (Lipinski definition) is 7. The van der Waals surface area contributed by atoms with Gasteiger partial charge in [0.05, 0.1) is 23.8 Å². The number of benzene rings is 1. The Morgan fingerprint density at radius 3 is 2.33 bits per heavy atom. The maximum atomic E-state index is 12.5. The number of ether oxygens (including phenoxy) is 1. The minimum Gasteiger partial charge on any atom is -0.382 e. The first-order valence-electron chi connectivity index (χ1n) is 7.14. The van der Waals surface area contributed by atoms with Crippen LogP contribution in [0.15, 0.2) is 44.2 Å². The Labute approximate surface area is 137 Å². The summed E-state index contributed by atoms with van der Waals surface area (Å²) in [5.74, 6) is 0.0789.